The molecule has 0 saturated carbocycles. The van der Waals surface area contributed by atoms with Gasteiger partial charge in [-0.25, -0.2) is 5.43 Å². The topological polar surface area (TPSA) is 59.9 Å². The summed E-state index contributed by atoms with van der Waals surface area (Å²) in [7, 11) is 0. The Morgan fingerprint density at radius 3 is 2.81 bits per heavy atom. The van der Waals surface area contributed by atoms with E-state index in [4.69, 9.17) is 21.1 Å². The fraction of sp³-hybridized carbons (Fsp3) is 0.158. The van der Waals surface area contributed by atoms with E-state index in [0.29, 0.717) is 45.3 Å². The van der Waals surface area contributed by atoms with Crippen molar-refractivity contribution in [1.82, 2.24) is 5.43 Å². The lowest BCUT2D eigenvalue weighted by Gasteiger charge is -2.13. The highest BCUT2D eigenvalue weighted by Crippen LogP contribution is 2.36. The van der Waals surface area contributed by atoms with Crippen LogP contribution in [0.2, 0.25) is 5.02 Å². The van der Waals surface area contributed by atoms with Crippen molar-refractivity contribution in [1.29, 1.82) is 0 Å². The summed E-state index contributed by atoms with van der Waals surface area (Å²) in [6, 6.07) is 10.5. The Labute approximate surface area is 165 Å². The lowest BCUT2D eigenvalue weighted by atomic mass is 10.2. The molecule has 2 rings (SSSR count). The molecule has 0 aromatic heterocycles. The van der Waals surface area contributed by atoms with Crippen molar-refractivity contribution in [3.8, 4) is 11.5 Å². The molecule has 0 unspecified atom stereocenters. The molecule has 1 N–H and O–H groups in total. The minimum Gasteiger partial charge on any atom is -0.490 e. The minimum atomic E-state index is -0.323. The summed E-state index contributed by atoms with van der Waals surface area (Å²) >= 11 is 9.60. The molecule has 1 amide bonds. The van der Waals surface area contributed by atoms with Gasteiger partial charge >= 0.3 is 0 Å². The quantitative estimate of drug-likeness (QED) is 0.365. The van der Waals surface area contributed by atoms with Gasteiger partial charge in [-0.15, -0.1) is 0 Å². The summed E-state index contributed by atoms with van der Waals surface area (Å²) in [4.78, 5) is 12.1. The van der Waals surface area contributed by atoms with E-state index >= 15 is 0 Å². The fourth-order valence-corrected chi connectivity index (χ4v) is 2.82. The Kier molecular flexibility index (Phi) is 7.69. The lowest BCUT2D eigenvalue weighted by molar-refractivity contribution is 0.0954. The van der Waals surface area contributed by atoms with Crippen molar-refractivity contribution in [2.24, 2.45) is 5.10 Å². The zero-order valence-corrected chi connectivity index (χ0v) is 16.5. The molecule has 0 aliphatic carbocycles. The largest absolute Gasteiger partial charge is 0.490 e. The smallest absolute Gasteiger partial charge is 0.272 e. The van der Waals surface area contributed by atoms with E-state index in [1.807, 2.05) is 13.0 Å². The number of carbonyl (C=O) groups excluding carboxylic acids is 1. The van der Waals surface area contributed by atoms with Crippen LogP contribution in [0.3, 0.4) is 0 Å². The summed E-state index contributed by atoms with van der Waals surface area (Å²) in [6.45, 7) is 6.25. The highest BCUT2D eigenvalue weighted by Gasteiger charge is 2.12. The number of hydrogen-bond acceptors (Lipinski definition) is 4. The van der Waals surface area contributed by atoms with Crippen molar-refractivity contribution in [3.63, 3.8) is 0 Å². The first-order valence-corrected chi connectivity index (χ1v) is 9.01. The van der Waals surface area contributed by atoms with E-state index in [1.165, 1.54) is 6.21 Å². The molecule has 26 heavy (non-hydrogen) atoms. The van der Waals surface area contributed by atoms with Crippen LogP contribution in [0.15, 0.2) is 58.6 Å². The van der Waals surface area contributed by atoms with E-state index < -0.39 is 0 Å². The van der Waals surface area contributed by atoms with Crippen molar-refractivity contribution in [2.45, 2.75) is 6.92 Å². The van der Waals surface area contributed by atoms with E-state index in [2.05, 4.69) is 33.0 Å². The average molecular weight is 438 g/mol. The summed E-state index contributed by atoms with van der Waals surface area (Å²) in [6.07, 6.45) is 3.11. The van der Waals surface area contributed by atoms with Gasteiger partial charge in [0.15, 0.2) is 11.5 Å². The molecule has 0 fully saturated rings. The fourth-order valence-electron chi connectivity index (χ4n) is 2.08. The highest BCUT2D eigenvalue weighted by molar-refractivity contribution is 9.10. The molecule has 0 atom stereocenters. The molecule has 2 aromatic carbocycles. The van der Waals surface area contributed by atoms with Crippen LogP contribution in [0.4, 0.5) is 0 Å². The van der Waals surface area contributed by atoms with Crippen LogP contribution in [-0.4, -0.2) is 25.3 Å². The zero-order valence-electron chi connectivity index (χ0n) is 14.2. The van der Waals surface area contributed by atoms with Crippen LogP contribution in [0.5, 0.6) is 11.5 Å². The Morgan fingerprint density at radius 2 is 2.12 bits per heavy atom. The maximum absolute atomic E-state index is 12.1. The van der Waals surface area contributed by atoms with Crippen LogP contribution in [0.1, 0.15) is 22.8 Å². The number of nitrogens with one attached hydrogen (secondary N) is 1. The van der Waals surface area contributed by atoms with Gasteiger partial charge in [-0.2, -0.15) is 5.10 Å². The van der Waals surface area contributed by atoms with Crippen LogP contribution in [-0.2, 0) is 0 Å². The third-order valence-corrected chi connectivity index (χ3v) is 4.15. The van der Waals surface area contributed by atoms with Gasteiger partial charge < -0.3 is 9.47 Å². The van der Waals surface area contributed by atoms with Gasteiger partial charge in [0.1, 0.15) is 6.61 Å². The number of carbonyl (C=O) groups is 1. The van der Waals surface area contributed by atoms with Crippen LogP contribution in [0, 0.1) is 0 Å². The van der Waals surface area contributed by atoms with Gasteiger partial charge in [0.05, 0.1) is 23.4 Å². The first-order chi connectivity index (χ1) is 12.6. The van der Waals surface area contributed by atoms with Gasteiger partial charge in [0, 0.05) is 4.47 Å². The third kappa shape index (κ3) is 5.34. The number of ether oxygens (including phenoxy) is 2. The van der Waals surface area contributed by atoms with Crippen LogP contribution in [0.25, 0.3) is 0 Å². The second-order valence-corrected chi connectivity index (χ2v) is 6.30. The average Bonchev–Trinajstić information content (AvgIpc) is 2.61. The molecule has 2 aromatic rings. The van der Waals surface area contributed by atoms with E-state index in [1.54, 1.807) is 36.4 Å². The van der Waals surface area contributed by atoms with Crippen LogP contribution < -0.4 is 14.9 Å². The molecule has 0 aliphatic rings. The molecule has 7 heteroatoms. The predicted octanol–water partition coefficient (Wildman–Crippen LogP) is 4.83. The maximum atomic E-state index is 12.1. The van der Waals surface area contributed by atoms with Crippen LogP contribution >= 0.6 is 27.5 Å². The number of rotatable bonds is 8. The first-order valence-electron chi connectivity index (χ1n) is 7.84. The second-order valence-electron chi connectivity index (χ2n) is 5.04. The summed E-state index contributed by atoms with van der Waals surface area (Å²) < 4.78 is 11.8. The second kappa shape index (κ2) is 9.99. The van der Waals surface area contributed by atoms with E-state index in [9.17, 15) is 4.79 Å². The Morgan fingerprint density at radius 1 is 1.35 bits per heavy atom. The number of amides is 1. The molecule has 0 radical (unpaired) electrons. The normalized spacial score (nSPS) is 10.6. The van der Waals surface area contributed by atoms with Crippen molar-refractivity contribution in [2.75, 3.05) is 13.2 Å². The van der Waals surface area contributed by atoms with Crippen molar-refractivity contribution < 1.29 is 14.3 Å². The van der Waals surface area contributed by atoms with Crippen molar-refractivity contribution >= 4 is 39.7 Å². The molecule has 0 heterocycles. The molecule has 136 valence electrons. The molecular weight excluding hydrogens is 420 g/mol. The van der Waals surface area contributed by atoms with Gasteiger partial charge in [-0.3, -0.25) is 4.79 Å². The number of nitrogens with zero attached hydrogens (tertiary/aromatic N) is 1. The monoisotopic (exact) mass is 436 g/mol. The summed E-state index contributed by atoms with van der Waals surface area (Å²) in [5.74, 6) is 0.624. The van der Waals surface area contributed by atoms with Crippen molar-refractivity contribution in [3.05, 3.63) is 69.7 Å². The highest BCUT2D eigenvalue weighted by atomic mass is 79.9. The maximum Gasteiger partial charge on any atom is 0.272 e. The van der Waals surface area contributed by atoms with Gasteiger partial charge in [-0.1, -0.05) is 36.4 Å². The van der Waals surface area contributed by atoms with Gasteiger partial charge in [0.2, 0.25) is 0 Å². The predicted molar refractivity (Wildman–Crippen MR) is 108 cm³/mol. The first kappa shape index (κ1) is 20.0. The molecule has 0 spiro atoms. The molecular formula is C19H18BrClN2O3. The lowest BCUT2D eigenvalue weighted by Crippen LogP contribution is -2.18. The number of halogens is 2. The molecule has 5 nitrogen and oxygen atoms in total. The standard InChI is InChI=1S/C19H18BrClN2O3/c1-3-9-26-18-16(21)10-13(11-17(18)25-4-2)12-22-23-19(24)14-7-5-6-8-15(14)20/h3,5-8,10-12H,1,4,9H2,2H3,(H,23,24)/b22-12-. The number of benzene rings is 2. The summed E-state index contributed by atoms with van der Waals surface area (Å²) in [5, 5.41) is 4.36. The Hall–Kier alpha value is -2.31. The SMILES string of the molecule is C=CCOc1c(Cl)cc(/C=N\NC(=O)c2ccccc2Br)cc1OCC. The number of hydrazone groups is 1. The molecule has 0 aliphatic heterocycles. The third-order valence-electron chi connectivity index (χ3n) is 3.18. The Balaban J connectivity index is 2.15. The van der Waals surface area contributed by atoms with E-state index in [0.717, 1.165) is 0 Å². The number of hydrogen-bond donors (Lipinski definition) is 1. The molecule has 0 saturated heterocycles. The van der Waals surface area contributed by atoms with E-state index in [-0.39, 0.29) is 5.91 Å². The molecule has 0 bridgehead atoms. The zero-order chi connectivity index (χ0) is 18.9. The van der Waals surface area contributed by atoms with Gasteiger partial charge in [0.25, 0.3) is 5.91 Å². The Bertz CT molecular complexity index is 824. The van der Waals surface area contributed by atoms with Gasteiger partial charge in [-0.05, 0) is 52.7 Å². The summed E-state index contributed by atoms with van der Waals surface area (Å²) in [5.41, 5.74) is 3.64. The minimum absolute atomic E-state index is 0.315.